The molecule has 32 heavy (non-hydrogen) atoms. The van der Waals surface area contributed by atoms with Crippen molar-refractivity contribution < 1.29 is 19.1 Å². The maximum atomic E-state index is 12.3. The summed E-state index contributed by atoms with van der Waals surface area (Å²) in [6.45, 7) is 0.450. The lowest BCUT2D eigenvalue weighted by Crippen LogP contribution is -2.32. The number of carbonyl (C=O) groups is 2. The number of carbonyl (C=O) groups excluding carboxylic acids is 2. The molecule has 8 nitrogen and oxygen atoms in total. The number of halogens is 1. The van der Waals surface area contributed by atoms with E-state index in [4.69, 9.17) is 9.47 Å². The predicted octanol–water partition coefficient (Wildman–Crippen LogP) is 3.14. The average Bonchev–Trinajstić information content (AvgIpc) is 3.12. The lowest BCUT2D eigenvalue weighted by Gasteiger charge is -2.10. The highest BCUT2D eigenvalue weighted by atomic mass is 79.9. The molecule has 10 heteroatoms. The Balaban J connectivity index is 1.45. The van der Waals surface area contributed by atoms with E-state index in [2.05, 4.69) is 36.8 Å². The van der Waals surface area contributed by atoms with Gasteiger partial charge in [-0.25, -0.2) is 0 Å². The van der Waals surface area contributed by atoms with Crippen LogP contribution < -0.4 is 20.1 Å². The van der Waals surface area contributed by atoms with Gasteiger partial charge in [0, 0.05) is 17.4 Å². The largest absolute Gasteiger partial charge is 0.493 e. The molecule has 2 aromatic carbocycles. The van der Waals surface area contributed by atoms with Crippen molar-refractivity contribution in [2.45, 2.75) is 18.1 Å². The third-order valence-corrected chi connectivity index (χ3v) is 6.10. The molecule has 2 aromatic rings. The first-order valence-electron chi connectivity index (χ1n) is 9.80. The molecule has 0 spiro atoms. The van der Waals surface area contributed by atoms with Gasteiger partial charge < -0.3 is 20.1 Å². The van der Waals surface area contributed by atoms with E-state index in [1.165, 1.54) is 11.8 Å². The Kier molecular flexibility index (Phi) is 8.69. The van der Waals surface area contributed by atoms with Crippen LogP contribution in [0.1, 0.15) is 17.5 Å². The van der Waals surface area contributed by atoms with Gasteiger partial charge in [0.2, 0.25) is 11.8 Å². The molecule has 0 saturated carbocycles. The van der Waals surface area contributed by atoms with E-state index < -0.39 is 5.25 Å². The minimum absolute atomic E-state index is 0.0663. The number of thioether (sulfide) groups is 1. The van der Waals surface area contributed by atoms with Crippen molar-refractivity contribution >= 4 is 50.9 Å². The second kappa shape index (κ2) is 11.7. The van der Waals surface area contributed by atoms with E-state index in [-0.39, 0.29) is 18.2 Å². The monoisotopic (exact) mass is 518 g/mol. The Labute approximate surface area is 199 Å². The van der Waals surface area contributed by atoms with Gasteiger partial charge in [-0.15, -0.1) is 5.10 Å². The molecule has 1 heterocycles. The number of hydrogen-bond donors (Lipinski definition) is 2. The van der Waals surface area contributed by atoms with Gasteiger partial charge in [-0.05, 0) is 41.8 Å². The van der Waals surface area contributed by atoms with E-state index in [0.717, 1.165) is 15.6 Å². The van der Waals surface area contributed by atoms with Gasteiger partial charge >= 0.3 is 0 Å². The second-order valence-corrected chi connectivity index (χ2v) is 8.90. The number of amidine groups is 1. The number of nitrogens with zero attached hydrogens (tertiary/aromatic N) is 2. The molecule has 1 atom stereocenters. The molecule has 1 saturated heterocycles. The molecular formula is C22H23BrN4O4S. The van der Waals surface area contributed by atoms with Gasteiger partial charge in [-0.1, -0.05) is 45.9 Å². The highest BCUT2D eigenvalue weighted by molar-refractivity contribution is 9.10. The van der Waals surface area contributed by atoms with E-state index in [1.54, 1.807) is 20.4 Å². The summed E-state index contributed by atoms with van der Waals surface area (Å²) in [5, 5.41) is 13.4. The predicted molar refractivity (Wildman–Crippen MR) is 130 cm³/mol. The lowest BCUT2D eigenvalue weighted by molar-refractivity contribution is -0.125. The molecular weight excluding hydrogens is 496 g/mol. The number of hydrogen-bond acceptors (Lipinski definition) is 7. The minimum atomic E-state index is -0.532. The molecule has 168 valence electrons. The Morgan fingerprint density at radius 1 is 1.22 bits per heavy atom. The van der Waals surface area contributed by atoms with Crippen LogP contribution in [0.2, 0.25) is 0 Å². The van der Waals surface area contributed by atoms with Crippen molar-refractivity contribution in [3.05, 3.63) is 58.1 Å². The zero-order valence-corrected chi connectivity index (χ0v) is 20.0. The van der Waals surface area contributed by atoms with Crippen LogP contribution in [-0.4, -0.2) is 49.2 Å². The molecule has 2 amide bonds. The van der Waals surface area contributed by atoms with Crippen molar-refractivity contribution in [1.29, 1.82) is 0 Å². The molecule has 1 aliphatic rings. The summed E-state index contributed by atoms with van der Waals surface area (Å²) in [6.07, 6.45) is 2.29. The Morgan fingerprint density at radius 3 is 2.78 bits per heavy atom. The summed E-state index contributed by atoms with van der Waals surface area (Å²) in [7, 11) is 3.16. The first-order chi connectivity index (χ1) is 15.5. The van der Waals surface area contributed by atoms with E-state index in [0.29, 0.717) is 29.6 Å². The summed E-state index contributed by atoms with van der Waals surface area (Å²) >= 11 is 4.59. The third-order valence-electron chi connectivity index (χ3n) is 4.54. The van der Waals surface area contributed by atoms with Gasteiger partial charge in [0.05, 0.1) is 20.4 Å². The van der Waals surface area contributed by atoms with Crippen LogP contribution >= 0.6 is 27.7 Å². The number of nitrogens with one attached hydrogen (secondary N) is 2. The normalized spacial score (nSPS) is 16.9. The summed E-state index contributed by atoms with van der Waals surface area (Å²) in [6, 6.07) is 13.2. The van der Waals surface area contributed by atoms with E-state index >= 15 is 0 Å². The molecule has 3 rings (SSSR count). The fourth-order valence-electron chi connectivity index (χ4n) is 2.94. The van der Waals surface area contributed by atoms with Crippen molar-refractivity contribution in [3.8, 4) is 11.5 Å². The Hall–Kier alpha value is -2.85. The molecule has 1 aliphatic heterocycles. The maximum absolute atomic E-state index is 12.3. The van der Waals surface area contributed by atoms with Crippen molar-refractivity contribution in [2.24, 2.45) is 10.2 Å². The SMILES string of the molecule is COc1ccc(CCNC(=O)CC2SC(=NN=Cc3cccc(Br)c3)NC2=O)cc1OC. The van der Waals surface area contributed by atoms with Gasteiger partial charge in [-0.2, -0.15) is 5.10 Å². The lowest BCUT2D eigenvalue weighted by atomic mass is 10.1. The standard InChI is InChI=1S/C22H23BrN4O4S/c1-30-17-7-6-14(11-18(17)31-2)8-9-24-20(28)12-19-21(29)26-22(32-19)27-25-13-15-4-3-5-16(23)10-15/h3-7,10-11,13,19H,8-9,12H2,1-2H3,(H,24,28)(H,26,27,29). The quantitative estimate of drug-likeness (QED) is 0.392. The smallest absolute Gasteiger partial charge is 0.240 e. The van der Waals surface area contributed by atoms with Gasteiger partial charge in [0.1, 0.15) is 5.25 Å². The van der Waals surface area contributed by atoms with Crippen molar-refractivity contribution in [1.82, 2.24) is 10.6 Å². The molecule has 0 bridgehead atoms. The third kappa shape index (κ3) is 6.83. The zero-order valence-electron chi connectivity index (χ0n) is 17.6. The van der Waals surface area contributed by atoms with Crippen LogP contribution in [0.15, 0.2) is 57.1 Å². The molecule has 2 N–H and O–H groups in total. The number of methoxy groups -OCH3 is 2. The first-order valence-corrected chi connectivity index (χ1v) is 11.5. The summed E-state index contributed by atoms with van der Waals surface area (Å²) in [5.41, 5.74) is 1.89. The summed E-state index contributed by atoms with van der Waals surface area (Å²) < 4.78 is 11.5. The van der Waals surface area contributed by atoms with Crippen LogP contribution in [0.25, 0.3) is 0 Å². The van der Waals surface area contributed by atoms with Crippen LogP contribution in [0.5, 0.6) is 11.5 Å². The van der Waals surface area contributed by atoms with Crippen LogP contribution in [-0.2, 0) is 16.0 Å². The zero-order chi connectivity index (χ0) is 22.9. The molecule has 0 aliphatic carbocycles. The highest BCUT2D eigenvalue weighted by Gasteiger charge is 2.32. The number of benzene rings is 2. The molecule has 1 unspecified atom stereocenters. The first kappa shape index (κ1) is 23.8. The summed E-state index contributed by atoms with van der Waals surface area (Å²) in [5.74, 6) is 0.853. The minimum Gasteiger partial charge on any atom is -0.493 e. The molecule has 0 radical (unpaired) electrons. The molecule has 0 aromatic heterocycles. The number of ether oxygens (including phenoxy) is 2. The fourth-order valence-corrected chi connectivity index (χ4v) is 4.29. The summed E-state index contributed by atoms with van der Waals surface area (Å²) in [4.78, 5) is 24.4. The van der Waals surface area contributed by atoms with E-state index in [1.807, 2.05) is 42.5 Å². The average molecular weight is 519 g/mol. The van der Waals surface area contributed by atoms with Gasteiger partial charge in [-0.3, -0.25) is 9.59 Å². The van der Waals surface area contributed by atoms with Crippen LogP contribution in [0.3, 0.4) is 0 Å². The van der Waals surface area contributed by atoms with Crippen LogP contribution in [0.4, 0.5) is 0 Å². The van der Waals surface area contributed by atoms with Gasteiger partial charge in [0.15, 0.2) is 16.7 Å². The Morgan fingerprint density at radius 2 is 2.03 bits per heavy atom. The Bertz CT molecular complexity index is 1040. The van der Waals surface area contributed by atoms with Crippen LogP contribution in [0, 0.1) is 0 Å². The van der Waals surface area contributed by atoms with Crippen molar-refractivity contribution in [3.63, 3.8) is 0 Å². The fraction of sp³-hybridized carbons (Fsp3) is 0.273. The van der Waals surface area contributed by atoms with Crippen molar-refractivity contribution in [2.75, 3.05) is 20.8 Å². The molecule has 1 fully saturated rings. The highest BCUT2D eigenvalue weighted by Crippen LogP contribution is 2.27. The maximum Gasteiger partial charge on any atom is 0.240 e. The second-order valence-electron chi connectivity index (χ2n) is 6.79. The van der Waals surface area contributed by atoms with Gasteiger partial charge in [0.25, 0.3) is 0 Å². The topological polar surface area (TPSA) is 101 Å². The number of amides is 2. The van der Waals surface area contributed by atoms with E-state index in [9.17, 15) is 9.59 Å². The number of rotatable bonds is 9.